The lowest BCUT2D eigenvalue weighted by Crippen LogP contribution is -2.61. The smallest absolute Gasteiger partial charge is 0.335 e. The summed E-state index contributed by atoms with van der Waals surface area (Å²) in [5.74, 6) is -3.16. The fourth-order valence-corrected chi connectivity index (χ4v) is 9.10. The summed E-state index contributed by atoms with van der Waals surface area (Å²) in [7, 11) is 0. The van der Waals surface area contributed by atoms with Crippen molar-refractivity contribution in [3.8, 4) is 0 Å². The Morgan fingerprint density at radius 3 is 1.28 bits per heavy atom. The van der Waals surface area contributed by atoms with Crippen LogP contribution in [0.2, 0.25) is 0 Å². The van der Waals surface area contributed by atoms with Crippen LogP contribution in [0, 0.1) is 0 Å². The van der Waals surface area contributed by atoms with E-state index in [0.717, 1.165) is 148 Å². The maximum atomic E-state index is 13.2. The third-order valence-corrected chi connectivity index (χ3v) is 13.9. The molecule has 12 heteroatoms. The topological polar surface area (TPSA) is 175 Å². The van der Waals surface area contributed by atoms with E-state index < -0.39 is 67.3 Å². The van der Waals surface area contributed by atoms with E-state index in [1.807, 2.05) is 0 Å². The normalized spacial score (nSPS) is 18.4. The summed E-state index contributed by atoms with van der Waals surface area (Å²) in [6.07, 6.45) is 58.3. The number of hydrogen-bond acceptors (Lipinski definition) is 11. The molecule has 6 atom stereocenters. The first kappa shape index (κ1) is 72.9. The third-order valence-electron chi connectivity index (χ3n) is 13.9. The second kappa shape index (κ2) is 54.5. The number of carboxylic acids is 1. The van der Waals surface area contributed by atoms with Gasteiger partial charge in [0, 0.05) is 19.3 Å². The molecule has 1 heterocycles. The van der Waals surface area contributed by atoms with Crippen molar-refractivity contribution in [3.05, 3.63) is 85.1 Å². The molecule has 1 aliphatic heterocycles. The molecule has 1 saturated heterocycles. The molecule has 452 valence electrons. The molecule has 0 spiro atoms. The molecule has 3 N–H and O–H groups in total. The number of allylic oxidation sites excluding steroid dienone is 14. The number of aliphatic hydroxyl groups is 2. The van der Waals surface area contributed by atoms with Crippen molar-refractivity contribution in [3.63, 3.8) is 0 Å². The van der Waals surface area contributed by atoms with Crippen LogP contribution in [0.25, 0.3) is 0 Å². The van der Waals surface area contributed by atoms with E-state index in [0.29, 0.717) is 19.3 Å². The molecule has 0 aromatic carbocycles. The van der Waals surface area contributed by atoms with Gasteiger partial charge >= 0.3 is 23.9 Å². The van der Waals surface area contributed by atoms with Gasteiger partial charge in [-0.3, -0.25) is 14.4 Å². The van der Waals surface area contributed by atoms with E-state index in [4.69, 9.17) is 23.7 Å². The third kappa shape index (κ3) is 44.3. The largest absolute Gasteiger partial charge is 0.479 e. The van der Waals surface area contributed by atoms with Crippen LogP contribution in [-0.4, -0.2) is 89.2 Å². The summed E-state index contributed by atoms with van der Waals surface area (Å²) in [6, 6.07) is 0. The predicted molar refractivity (Wildman–Crippen MR) is 321 cm³/mol. The van der Waals surface area contributed by atoms with Gasteiger partial charge in [-0.1, -0.05) is 221 Å². The minimum absolute atomic E-state index is 0.0399. The maximum Gasteiger partial charge on any atom is 0.335 e. The highest BCUT2D eigenvalue weighted by atomic mass is 16.7. The quantitative estimate of drug-likeness (QED) is 0.0228. The average Bonchev–Trinajstić information content (AvgIpc) is 3.44. The lowest BCUT2D eigenvalue weighted by molar-refractivity contribution is -0.301. The van der Waals surface area contributed by atoms with E-state index >= 15 is 0 Å². The SMILES string of the molecule is CC/C=C\C/C=C\C/C=C\C/C=C\CCCCCCCCC(=O)OCC(COC1OC(C(=O)O)C(O)C(O)C1OC(=O)CCCCCCC/C=C\C/C=C\CCC)OC(=O)CCCCCCCCC/C=C\CCCCCCCC. The number of aliphatic carboxylic acids is 1. The number of carbonyl (C=O) groups excluding carboxylic acids is 3. The molecule has 0 saturated carbocycles. The van der Waals surface area contributed by atoms with Gasteiger partial charge in [-0.05, 0) is 109 Å². The summed E-state index contributed by atoms with van der Waals surface area (Å²) in [5.41, 5.74) is 0. The van der Waals surface area contributed by atoms with Crippen molar-refractivity contribution in [2.75, 3.05) is 13.2 Å². The molecular weight excluding hydrogens is 997 g/mol. The Bertz CT molecular complexity index is 1700. The van der Waals surface area contributed by atoms with Crippen LogP contribution < -0.4 is 0 Å². The lowest BCUT2D eigenvalue weighted by atomic mass is 9.98. The number of ether oxygens (including phenoxy) is 5. The van der Waals surface area contributed by atoms with Gasteiger partial charge in [-0.15, -0.1) is 0 Å². The molecule has 0 amide bonds. The minimum Gasteiger partial charge on any atom is -0.479 e. The van der Waals surface area contributed by atoms with Crippen molar-refractivity contribution in [2.24, 2.45) is 0 Å². The molecule has 6 unspecified atom stereocenters. The number of hydrogen-bond donors (Lipinski definition) is 3. The Labute approximate surface area is 480 Å². The van der Waals surface area contributed by atoms with E-state index in [9.17, 15) is 34.5 Å². The molecule has 79 heavy (non-hydrogen) atoms. The van der Waals surface area contributed by atoms with E-state index in [1.54, 1.807) is 0 Å². The van der Waals surface area contributed by atoms with Crippen molar-refractivity contribution in [2.45, 2.75) is 302 Å². The first-order valence-electron chi connectivity index (χ1n) is 31.6. The average molecular weight is 1110 g/mol. The molecule has 1 fully saturated rings. The molecule has 0 bridgehead atoms. The zero-order valence-electron chi connectivity index (χ0n) is 49.8. The number of carboxylic acid groups (broad SMARTS) is 1. The molecule has 0 aliphatic carbocycles. The molecule has 0 aromatic rings. The highest BCUT2D eigenvalue weighted by Gasteiger charge is 2.50. The van der Waals surface area contributed by atoms with Gasteiger partial charge in [-0.2, -0.15) is 0 Å². The van der Waals surface area contributed by atoms with Crippen molar-refractivity contribution in [1.29, 1.82) is 0 Å². The molecule has 12 nitrogen and oxygen atoms in total. The summed E-state index contributed by atoms with van der Waals surface area (Å²) in [6.45, 7) is 5.80. The lowest BCUT2D eigenvalue weighted by Gasteiger charge is -2.40. The zero-order valence-corrected chi connectivity index (χ0v) is 49.8. The highest BCUT2D eigenvalue weighted by Crippen LogP contribution is 2.26. The van der Waals surface area contributed by atoms with Gasteiger partial charge in [0.15, 0.2) is 24.6 Å². The van der Waals surface area contributed by atoms with Crippen LogP contribution in [0.1, 0.15) is 265 Å². The maximum absolute atomic E-state index is 13.2. The van der Waals surface area contributed by atoms with Gasteiger partial charge < -0.3 is 39.0 Å². The molecule has 0 aromatic heterocycles. The van der Waals surface area contributed by atoms with Crippen molar-refractivity contribution in [1.82, 2.24) is 0 Å². The Kier molecular flexibility index (Phi) is 50.3. The fourth-order valence-electron chi connectivity index (χ4n) is 9.10. The van der Waals surface area contributed by atoms with Crippen LogP contribution in [-0.2, 0) is 42.9 Å². The van der Waals surface area contributed by atoms with Gasteiger partial charge in [0.1, 0.15) is 18.8 Å². The van der Waals surface area contributed by atoms with Crippen LogP contribution >= 0.6 is 0 Å². The summed E-state index contributed by atoms with van der Waals surface area (Å²) < 4.78 is 28.5. The molecular formula is C67H112O12. The Morgan fingerprint density at radius 2 is 0.823 bits per heavy atom. The minimum atomic E-state index is -1.91. The summed E-state index contributed by atoms with van der Waals surface area (Å²) in [5, 5.41) is 31.5. The second-order valence-electron chi connectivity index (χ2n) is 21.3. The fraction of sp³-hybridized carbons (Fsp3) is 0.731. The number of aliphatic hydroxyl groups excluding tert-OH is 2. The van der Waals surface area contributed by atoms with Crippen LogP contribution in [0.4, 0.5) is 0 Å². The Hall–Kier alpha value is -4.10. The second-order valence-corrected chi connectivity index (χ2v) is 21.3. The summed E-state index contributed by atoms with van der Waals surface area (Å²) >= 11 is 0. The van der Waals surface area contributed by atoms with Crippen LogP contribution in [0.3, 0.4) is 0 Å². The molecule has 1 aliphatic rings. The number of esters is 3. The predicted octanol–water partition coefficient (Wildman–Crippen LogP) is 16.7. The van der Waals surface area contributed by atoms with Crippen LogP contribution in [0.15, 0.2) is 85.1 Å². The summed E-state index contributed by atoms with van der Waals surface area (Å²) in [4.78, 5) is 51.3. The van der Waals surface area contributed by atoms with Crippen LogP contribution in [0.5, 0.6) is 0 Å². The van der Waals surface area contributed by atoms with E-state index in [2.05, 4.69) is 106 Å². The van der Waals surface area contributed by atoms with Gasteiger partial charge in [-0.25, -0.2) is 4.79 Å². The van der Waals surface area contributed by atoms with E-state index in [-0.39, 0.29) is 25.9 Å². The first-order valence-corrected chi connectivity index (χ1v) is 31.6. The van der Waals surface area contributed by atoms with E-state index in [1.165, 1.54) is 57.8 Å². The Morgan fingerprint density at radius 1 is 0.430 bits per heavy atom. The number of rotatable bonds is 53. The molecule has 1 rings (SSSR count). The zero-order chi connectivity index (χ0) is 57.5. The van der Waals surface area contributed by atoms with Gasteiger partial charge in [0.2, 0.25) is 0 Å². The standard InChI is InChI=1S/C67H112O12/c1-4-7-10-13-16-19-22-25-27-29-30-32-33-36-38-41-44-47-50-53-59(68)75-56-58(77-60(69)54-51-48-45-42-40-37-34-31-28-26-23-20-17-14-11-8-5-2)57-76-67-65(63(72)62(71)64(79-67)66(73)74)78-61(70)55-52-49-46-43-39-35-24-21-18-15-12-9-6-3/h7,10,12,15-16,19,21,24-28,30,32,58,62-65,67,71-72H,4-6,8-9,11,13-14,17-18,20,22-23,29,31,33-57H2,1-3H3,(H,73,74)/b10-7-,15-12-,19-16-,24-21-,27-25-,28-26-,32-30-. The highest BCUT2D eigenvalue weighted by molar-refractivity contribution is 5.74. The van der Waals surface area contributed by atoms with Crippen molar-refractivity contribution >= 4 is 23.9 Å². The monoisotopic (exact) mass is 1110 g/mol. The Balaban J connectivity index is 2.68. The van der Waals surface area contributed by atoms with Gasteiger partial charge in [0.05, 0.1) is 6.61 Å². The first-order chi connectivity index (χ1) is 38.6. The van der Waals surface area contributed by atoms with Gasteiger partial charge in [0.25, 0.3) is 0 Å². The number of unbranched alkanes of at least 4 members (excludes halogenated alkanes) is 25. The number of carbonyl (C=O) groups is 4. The van der Waals surface area contributed by atoms with Crippen molar-refractivity contribution < 1.29 is 58.2 Å². The molecule has 0 radical (unpaired) electrons.